The van der Waals surface area contributed by atoms with Gasteiger partial charge < -0.3 is 10.2 Å². The number of carbonyl (C=O) groups excluding carboxylic acids is 2. The Morgan fingerprint density at radius 2 is 1.70 bits per heavy atom. The van der Waals surface area contributed by atoms with Crippen molar-refractivity contribution >= 4 is 33.8 Å². The van der Waals surface area contributed by atoms with Crippen LogP contribution < -0.4 is 5.32 Å². The minimum atomic E-state index is -0.0202. The summed E-state index contributed by atoms with van der Waals surface area (Å²) in [5.74, 6) is 0.0608. The molecule has 4 nitrogen and oxygen atoms in total. The van der Waals surface area contributed by atoms with Crippen LogP contribution in [-0.2, 0) is 16.1 Å². The van der Waals surface area contributed by atoms with E-state index in [0.717, 1.165) is 15.6 Å². The minimum Gasteiger partial charge on any atom is -0.352 e. The molecule has 2 aromatic carbocycles. The molecule has 1 heterocycles. The fraction of sp³-hybridized carbons (Fsp3) is 0.273. The van der Waals surface area contributed by atoms with Gasteiger partial charge in [-0.1, -0.05) is 58.4 Å². The number of nitrogens with zero attached hydrogens (tertiary/aromatic N) is 1. The molecule has 0 saturated carbocycles. The lowest BCUT2D eigenvalue weighted by atomic mass is 9.95. The summed E-state index contributed by atoms with van der Waals surface area (Å²) in [6, 6.07) is 17.7. The van der Waals surface area contributed by atoms with Gasteiger partial charge in [0.25, 0.3) is 0 Å². The highest BCUT2D eigenvalue weighted by Crippen LogP contribution is 2.18. The number of hydrogen-bond acceptors (Lipinski definition) is 2. The van der Waals surface area contributed by atoms with Crippen LogP contribution in [0.3, 0.4) is 0 Å². The lowest BCUT2D eigenvalue weighted by Crippen LogP contribution is -2.42. The molecule has 27 heavy (non-hydrogen) atoms. The Morgan fingerprint density at radius 1 is 1.04 bits per heavy atom. The van der Waals surface area contributed by atoms with E-state index in [1.165, 1.54) is 0 Å². The lowest BCUT2D eigenvalue weighted by molar-refractivity contribution is -0.132. The molecule has 1 fully saturated rings. The average Bonchev–Trinajstić information content (AvgIpc) is 2.72. The van der Waals surface area contributed by atoms with Gasteiger partial charge in [0, 0.05) is 36.1 Å². The van der Waals surface area contributed by atoms with E-state index in [4.69, 9.17) is 0 Å². The van der Waals surface area contributed by atoms with Gasteiger partial charge in [-0.05, 0) is 42.2 Å². The van der Waals surface area contributed by atoms with E-state index in [2.05, 4.69) is 21.2 Å². The number of benzene rings is 2. The Kier molecular flexibility index (Phi) is 6.82. The van der Waals surface area contributed by atoms with Crippen molar-refractivity contribution in [2.45, 2.75) is 19.4 Å². The maximum absolute atomic E-state index is 12.4. The fourth-order valence-electron chi connectivity index (χ4n) is 3.14. The van der Waals surface area contributed by atoms with Crippen molar-refractivity contribution < 1.29 is 9.59 Å². The molecule has 1 aliphatic rings. The molecule has 0 bridgehead atoms. The third-order valence-electron chi connectivity index (χ3n) is 4.78. The summed E-state index contributed by atoms with van der Waals surface area (Å²) < 4.78 is 1.01. The van der Waals surface area contributed by atoms with Gasteiger partial charge >= 0.3 is 0 Å². The summed E-state index contributed by atoms with van der Waals surface area (Å²) in [5, 5.41) is 3.00. The highest BCUT2D eigenvalue weighted by atomic mass is 79.9. The molecule has 3 rings (SSSR count). The van der Waals surface area contributed by atoms with Crippen LogP contribution in [-0.4, -0.2) is 29.8 Å². The number of rotatable bonds is 5. The smallest absolute Gasteiger partial charge is 0.246 e. The third-order valence-corrected chi connectivity index (χ3v) is 5.30. The SMILES string of the molecule is O=C(NCc1ccccc1)C1CCN(C(=O)C=Cc2ccc(Br)cc2)CC1. The Morgan fingerprint density at radius 3 is 2.37 bits per heavy atom. The zero-order valence-electron chi connectivity index (χ0n) is 15.1. The van der Waals surface area contributed by atoms with Crippen LogP contribution in [0, 0.1) is 5.92 Å². The van der Waals surface area contributed by atoms with Crippen molar-refractivity contribution in [2.24, 2.45) is 5.92 Å². The molecule has 2 amide bonds. The first-order valence-corrected chi connectivity index (χ1v) is 9.95. The summed E-state index contributed by atoms with van der Waals surface area (Å²) in [6.45, 7) is 1.79. The van der Waals surface area contributed by atoms with Crippen molar-refractivity contribution in [1.82, 2.24) is 10.2 Å². The van der Waals surface area contributed by atoms with E-state index < -0.39 is 0 Å². The van der Waals surface area contributed by atoms with Gasteiger partial charge in [0.2, 0.25) is 11.8 Å². The number of amides is 2. The van der Waals surface area contributed by atoms with Gasteiger partial charge in [-0.3, -0.25) is 9.59 Å². The third kappa shape index (κ3) is 5.79. The highest BCUT2D eigenvalue weighted by molar-refractivity contribution is 9.10. The number of halogens is 1. The monoisotopic (exact) mass is 426 g/mol. The van der Waals surface area contributed by atoms with Crippen molar-refractivity contribution in [1.29, 1.82) is 0 Å². The van der Waals surface area contributed by atoms with Crippen LogP contribution in [0.15, 0.2) is 65.1 Å². The summed E-state index contributed by atoms with van der Waals surface area (Å²) in [4.78, 5) is 26.5. The van der Waals surface area contributed by atoms with E-state index in [1.807, 2.05) is 65.6 Å². The Labute approximate surface area is 168 Å². The van der Waals surface area contributed by atoms with Gasteiger partial charge in [-0.25, -0.2) is 0 Å². The van der Waals surface area contributed by atoms with Crippen LogP contribution in [0.2, 0.25) is 0 Å². The highest BCUT2D eigenvalue weighted by Gasteiger charge is 2.26. The summed E-state index contributed by atoms with van der Waals surface area (Å²) in [6.07, 6.45) is 4.85. The minimum absolute atomic E-state index is 0.000984. The lowest BCUT2D eigenvalue weighted by Gasteiger charge is -2.30. The molecule has 5 heteroatoms. The number of nitrogens with one attached hydrogen (secondary N) is 1. The Balaban J connectivity index is 1.44. The second kappa shape index (κ2) is 9.51. The first-order valence-electron chi connectivity index (χ1n) is 9.16. The average molecular weight is 427 g/mol. The molecule has 140 valence electrons. The number of hydrogen-bond donors (Lipinski definition) is 1. The molecule has 1 aliphatic heterocycles. The predicted octanol–water partition coefficient (Wildman–Crippen LogP) is 4.02. The molecule has 0 radical (unpaired) electrons. The fourth-order valence-corrected chi connectivity index (χ4v) is 3.40. The first kappa shape index (κ1) is 19.4. The summed E-state index contributed by atoms with van der Waals surface area (Å²) in [7, 11) is 0. The van der Waals surface area contributed by atoms with Gasteiger partial charge in [-0.15, -0.1) is 0 Å². The number of piperidine rings is 1. The van der Waals surface area contributed by atoms with Crippen molar-refractivity contribution in [2.75, 3.05) is 13.1 Å². The van der Waals surface area contributed by atoms with Crippen molar-refractivity contribution in [3.05, 3.63) is 76.3 Å². The van der Waals surface area contributed by atoms with Gasteiger partial charge in [-0.2, -0.15) is 0 Å². The molecule has 0 atom stereocenters. The standard InChI is InChI=1S/C22H23BrN2O2/c23-20-9-6-17(7-10-20)8-11-21(26)25-14-12-19(13-15-25)22(27)24-16-18-4-2-1-3-5-18/h1-11,19H,12-16H2,(H,24,27). The van der Waals surface area contributed by atoms with E-state index in [-0.39, 0.29) is 17.7 Å². The largest absolute Gasteiger partial charge is 0.352 e. The molecule has 0 spiro atoms. The topological polar surface area (TPSA) is 49.4 Å². The van der Waals surface area contributed by atoms with Crippen LogP contribution in [0.5, 0.6) is 0 Å². The summed E-state index contributed by atoms with van der Waals surface area (Å²) in [5.41, 5.74) is 2.08. The van der Waals surface area contributed by atoms with Crippen LogP contribution in [0.1, 0.15) is 24.0 Å². The maximum atomic E-state index is 12.4. The molecule has 1 saturated heterocycles. The number of carbonyl (C=O) groups is 2. The van der Waals surface area contributed by atoms with E-state index in [0.29, 0.717) is 32.5 Å². The predicted molar refractivity (Wildman–Crippen MR) is 111 cm³/mol. The van der Waals surface area contributed by atoms with Crippen molar-refractivity contribution in [3.63, 3.8) is 0 Å². The second-order valence-electron chi connectivity index (χ2n) is 6.69. The second-order valence-corrected chi connectivity index (χ2v) is 7.60. The Bertz CT molecular complexity index is 795. The van der Waals surface area contributed by atoms with Crippen molar-refractivity contribution in [3.8, 4) is 0 Å². The molecular weight excluding hydrogens is 404 g/mol. The zero-order valence-corrected chi connectivity index (χ0v) is 16.7. The van der Waals surface area contributed by atoms with E-state index >= 15 is 0 Å². The zero-order chi connectivity index (χ0) is 19.1. The first-order chi connectivity index (χ1) is 13.1. The number of likely N-dealkylation sites (tertiary alicyclic amines) is 1. The Hall–Kier alpha value is -2.40. The van der Waals surface area contributed by atoms with Crippen LogP contribution in [0.4, 0.5) is 0 Å². The molecular formula is C22H23BrN2O2. The molecule has 0 unspecified atom stereocenters. The molecule has 0 aromatic heterocycles. The quantitative estimate of drug-likeness (QED) is 0.733. The normalized spacial score (nSPS) is 15.1. The van der Waals surface area contributed by atoms with E-state index in [1.54, 1.807) is 6.08 Å². The van der Waals surface area contributed by atoms with E-state index in [9.17, 15) is 9.59 Å². The van der Waals surface area contributed by atoms with Gasteiger partial charge in [0.05, 0.1) is 0 Å². The van der Waals surface area contributed by atoms with Crippen LogP contribution >= 0.6 is 15.9 Å². The maximum Gasteiger partial charge on any atom is 0.246 e. The molecule has 0 aliphatic carbocycles. The van der Waals surface area contributed by atoms with Crippen LogP contribution in [0.25, 0.3) is 6.08 Å². The van der Waals surface area contributed by atoms with Gasteiger partial charge in [0.1, 0.15) is 0 Å². The van der Waals surface area contributed by atoms with Gasteiger partial charge in [0.15, 0.2) is 0 Å². The summed E-state index contributed by atoms with van der Waals surface area (Å²) >= 11 is 3.40. The molecule has 2 aromatic rings. The molecule has 1 N–H and O–H groups in total.